The monoisotopic (exact) mass is 302 g/mol. The maximum Gasteiger partial charge on any atom is 0.312 e. The Labute approximate surface area is 128 Å². The molecule has 1 saturated carbocycles. The first-order valence-electron chi connectivity index (χ1n) is 6.56. The maximum absolute atomic E-state index is 12.3. The number of rotatable bonds is 2. The Kier molecular flexibility index (Phi) is 3.70. The summed E-state index contributed by atoms with van der Waals surface area (Å²) in [6, 6.07) is 10.9. The van der Waals surface area contributed by atoms with Crippen LogP contribution in [-0.4, -0.2) is 11.6 Å². The van der Waals surface area contributed by atoms with Crippen molar-refractivity contribution in [2.24, 2.45) is 11.3 Å². The quantitative estimate of drug-likeness (QED) is 0.784. The molecule has 0 N–H and O–H groups in total. The van der Waals surface area contributed by atoms with E-state index in [2.05, 4.69) is 0 Å². The first kappa shape index (κ1) is 15.4. The number of halogens is 1. The van der Waals surface area contributed by atoms with Gasteiger partial charge in [0.15, 0.2) is 5.41 Å². The largest absolute Gasteiger partial charge is 0.460 e. The van der Waals surface area contributed by atoms with Gasteiger partial charge in [0.1, 0.15) is 5.60 Å². The molecule has 1 aliphatic rings. The van der Waals surface area contributed by atoms with E-state index >= 15 is 0 Å². The summed E-state index contributed by atoms with van der Waals surface area (Å²) in [7, 11) is 0. The Morgan fingerprint density at radius 2 is 1.86 bits per heavy atom. The molecule has 108 valence electrons. The van der Waals surface area contributed by atoms with Gasteiger partial charge < -0.3 is 4.74 Å². The first-order chi connectivity index (χ1) is 9.77. The highest BCUT2D eigenvalue weighted by molar-refractivity contribution is 6.31. The van der Waals surface area contributed by atoms with E-state index in [1.165, 1.54) is 0 Å². The molecule has 4 nitrogen and oxygen atoms in total. The van der Waals surface area contributed by atoms with Crippen molar-refractivity contribution in [3.05, 3.63) is 34.9 Å². The van der Waals surface area contributed by atoms with Gasteiger partial charge in [-0.25, -0.2) is 0 Å². The standard InChI is InChI=1S/C16H15ClN2O2/c1-15(2,3)21-14(20)13-12(16(13,8-18)9-19)10-6-4-5-7-11(10)17/h4-7,12-13H,1-3H3/t12-,13+/m1/s1. The SMILES string of the molecule is CC(C)(C)OC(=O)[C@@H]1[C@@H](c2ccccc2Cl)C1(C#N)C#N. The van der Waals surface area contributed by atoms with Gasteiger partial charge in [-0.1, -0.05) is 29.8 Å². The van der Waals surface area contributed by atoms with E-state index in [9.17, 15) is 15.3 Å². The molecule has 0 saturated heterocycles. The minimum absolute atomic E-state index is 0.448. The van der Waals surface area contributed by atoms with Gasteiger partial charge in [0.2, 0.25) is 0 Å². The van der Waals surface area contributed by atoms with Crippen LogP contribution in [0, 0.1) is 34.0 Å². The third-order valence-corrected chi connectivity index (χ3v) is 3.82. The molecular weight excluding hydrogens is 288 g/mol. The average Bonchev–Trinajstić information content (AvgIpc) is 3.07. The van der Waals surface area contributed by atoms with E-state index < -0.39 is 28.8 Å². The van der Waals surface area contributed by atoms with Crippen LogP contribution in [0.15, 0.2) is 24.3 Å². The molecule has 1 aromatic rings. The predicted molar refractivity (Wildman–Crippen MR) is 77.2 cm³/mol. The lowest BCUT2D eigenvalue weighted by molar-refractivity contribution is -0.157. The van der Waals surface area contributed by atoms with Crippen LogP contribution in [-0.2, 0) is 9.53 Å². The number of ether oxygens (including phenoxy) is 1. The molecular formula is C16H15ClN2O2. The Bertz CT molecular complexity index is 650. The average molecular weight is 303 g/mol. The number of carbonyl (C=O) groups is 1. The molecule has 0 unspecified atom stereocenters. The Hall–Kier alpha value is -2.04. The fourth-order valence-electron chi connectivity index (χ4n) is 2.53. The summed E-state index contributed by atoms with van der Waals surface area (Å²) in [6.45, 7) is 5.24. The van der Waals surface area contributed by atoms with Gasteiger partial charge in [0.25, 0.3) is 0 Å². The molecule has 0 radical (unpaired) electrons. The zero-order valence-electron chi connectivity index (χ0n) is 12.1. The molecule has 0 heterocycles. The van der Waals surface area contributed by atoms with E-state index in [-0.39, 0.29) is 0 Å². The van der Waals surface area contributed by atoms with Crippen molar-refractivity contribution in [1.29, 1.82) is 10.5 Å². The molecule has 2 atom stereocenters. The molecule has 21 heavy (non-hydrogen) atoms. The minimum Gasteiger partial charge on any atom is -0.460 e. The van der Waals surface area contributed by atoms with Crippen LogP contribution in [0.2, 0.25) is 5.02 Å². The summed E-state index contributed by atoms with van der Waals surface area (Å²) in [5, 5.41) is 19.2. The fraction of sp³-hybridized carbons (Fsp3) is 0.438. The van der Waals surface area contributed by atoms with E-state index in [1.54, 1.807) is 45.0 Å². The summed E-state index contributed by atoms with van der Waals surface area (Å²) in [5.41, 5.74) is -1.42. The van der Waals surface area contributed by atoms with Crippen LogP contribution in [0.4, 0.5) is 0 Å². The molecule has 0 aromatic heterocycles. The molecule has 5 heteroatoms. The lowest BCUT2D eigenvalue weighted by Crippen LogP contribution is -2.26. The van der Waals surface area contributed by atoms with Crippen LogP contribution in [0.5, 0.6) is 0 Å². The van der Waals surface area contributed by atoms with Gasteiger partial charge in [0, 0.05) is 10.9 Å². The lowest BCUT2D eigenvalue weighted by atomic mass is 10.0. The van der Waals surface area contributed by atoms with E-state index in [4.69, 9.17) is 16.3 Å². The van der Waals surface area contributed by atoms with Crippen molar-refractivity contribution in [1.82, 2.24) is 0 Å². The molecule has 0 spiro atoms. The van der Waals surface area contributed by atoms with Crippen LogP contribution in [0.25, 0.3) is 0 Å². The number of hydrogen-bond acceptors (Lipinski definition) is 4. The van der Waals surface area contributed by atoms with Gasteiger partial charge in [-0.3, -0.25) is 4.79 Å². The molecule has 1 aliphatic carbocycles. The summed E-state index contributed by atoms with van der Waals surface area (Å²) in [6.07, 6.45) is 0. The van der Waals surface area contributed by atoms with Crippen molar-refractivity contribution in [3.8, 4) is 12.1 Å². The number of nitrogens with zero attached hydrogens (tertiary/aromatic N) is 2. The Morgan fingerprint density at radius 1 is 1.29 bits per heavy atom. The number of hydrogen-bond donors (Lipinski definition) is 0. The second-order valence-electron chi connectivity index (χ2n) is 6.10. The van der Waals surface area contributed by atoms with Crippen LogP contribution in [0.3, 0.4) is 0 Å². The van der Waals surface area contributed by atoms with Gasteiger partial charge in [-0.15, -0.1) is 0 Å². The van der Waals surface area contributed by atoms with E-state index in [0.29, 0.717) is 10.6 Å². The lowest BCUT2D eigenvalue weighted by Gasteiger charge is -2.19. The number of benzene rings is 1. The van der Waals surface area contributed by atoms with Crippen molar-refractivity contribution >= 4 is 17.6 Å². The second kappa shape index (κ2) is 5.06. The Balaban J connectivity index is 2.38. The smallest absolute Gasteiger partial charge is 0.312 e. The van der Waals surface area contributed by atoms with E-state index in [1.807, 2.05) is 12.1 Å². The van der Waals surface area contributed by atoms with Crippen molar-refractivity contribution in [3.63, 3.8) is 0 Å². The van der Waals surface area contributed by atoms with Crippen molar-refractivity contribution < 1.29 is 9.53 Å². The molecule has 1 aromatic carbocycles. The highest BCUT2D eigenvalue weighted by Crippen LogP contribution is 2.65. The van der Waals surface area contributed by atoms with Gasteiger partial charge in [-0.05, 0) is 32.4 Å². The summed E-state index contributed by atoms with van der Waals surface area (Å²) < 4.78 is 5.33. The van der Waals surface area contributed by atoms with Gasteiger partial charge in [-0.2, -0.15) is 10.5 Å². The van der Waals surface area contributed by atoms with Gasteiger partial charge >= 0.3 is 5.97 Å². The van der Waals surface area contributed by atoms with Crippen LogP contribution < -0.4 is 0 Å². The number of nitriles is 2. The highest BCUT2D eigenvalue weighted by Gasteiger charge is 2.72. The third kappa shape index (κ3) is 2.60. The first-order valence-corrected chi connectivity index (χ1v) is 6.94. The minimum atomic E-state index is -1.40. The molecule has 0 aliphatic heterocycles. The second-order valence-corrected chi connectivity index (χ2v) is 6.51. The third-order valence-electron chi connectivity index (χ3n) is 3.48. The molecule has 0 bridgehead atoms. The zero-order valence-corrected chi connectivity index (χ0v) is 12.8. The Morgan fingerprint density at radius 3 is 2.33 bits per heavy atom. The molecule has 1 fully saturated rings. The maximum atomic E-state index is 12.3. The van der Waals surface area contributed by atoms with Crippen molar-refractivity contribution in [2.75, 3.05) is 0 Å². The van der Waals surface area contributed by atoms with Crippen LogP contribution >= 0.6 is 11.6 Å². The predicted octanol–water partition coefficient (Wildman–Crippen LogP) is 3.43. The fourth-order valence-corrected chi connectivity index (χ4v) is 2.78. The molecule has 0 amide bonds. The van der Waals surface area contributed by atoms with Crippen molar-refractivity contribution in [2.45, 2.75) is 32.3 Å². The van der Waals surface area contributed by atoms with Gasteiger partial charge in [0.05, 0.1) is 18.1 Å². The summed E-state index contributed by atoms with van der Waals surface area (Å²) in [5.74, 6) is -1.88. The normalized spacial score (nSPS) is 22.8. The van der Waals surface area contributed by atoms with Crippen LogP contribution in [0.1, 0.15) is 32.3 Å². The molecule has 2 rings (SSSR count). The summed E-state index contributed by atoms with van der Waals surface area (Å²) >= 11 is 6.13. The number of esters is 1. The van der Waals surface area contributed by atoms with E-state index in [0.717, 1.165) is 0 Å². The zero-order chi connectivity index (χ0) is 15.8. The topological polar surface area (TPSA) is 73.9 Å². The number of carbonyl (C=O) groups excluding carboxylic acids is 1. The summed E-state index contributed by atoms with van der Waals surface area (Å²) in [4.78, 5) is 12.3. The highest BCUT2D eigenvalue weighted by atomic mass is 35.5.